The van der Waals surface area contributed by atoms with Gasteiger partial charge in [-0.2, -0.15) is 4.31 Å². The number of carbonyl (C=O) groups excluding carboxylic acids is 1. The first-order valence-electron chi connectivity index (χ1n) is 11.3. The summed E-state index contributed by atoms with van der Waals surface area (Å²) in [5.41, 5.74) is 1.37. The normalized spacial score (nSPS) is 15.4. The van der Waals surface area contributed by atoms with Crippen molar-refractivity contribution < 1.29 is 18.1 Å². The second kappa shape index (κ2) is 9.94. The fraction of sp³-hybridized carbons (Fsp3) is 0.375. The Morgan fingerprint density at radius 3 is 2.62 bits per heavy atom. The van der Waals surface area contributed by atoms with Crippen molar-refractivity contribution >= 4 is 32.5 Å². The molecule has 2 aromatic carbocycles. The van der Waals surface area contributed by atoms with Gasteiger partial charge in [0.05, 0.1) is 9.82 Å². The highest BCUT2D eigenvalue weighted by Crippen LogP contribution is 2.28. The van der Waals surface area contributed by atoms with Gasteiger partial charge in [-0.1, -0.05) is 24.3 Å². The van der Waals surface area contributed by atoms with E-state index >= 15 is 0 Å². The number of rotatable bonds is 8. The molecule has 4 rings (SSSR count). The number of nitrogens with one attached hydrogen (secondary N) is 1. The maximum atomic E-state index is 13.1. The lowest BCUT2D eigenvalue weighted by Crippen LogP contribution is -2.43. The number of hydrogen-bond donors (Lipinski definition) is 1. The first-order valence-corrected chi connectivity index (χ1v) is 12.8. The van der Waals surface area contributed by atoms with E-state index in [9.17, 15) is 23.3 Å². The zero-order valence-electron chi connectivity index (χ0n) is 19.0. The van der Waals surface area contributed by atoms with Crippen molar-refractivity contribution in [2.45, 2.75) is 37.6 Å². The number of aromatic nitrogens is 1. The zero-order valence-corrected chi connectivity index (χ0v) is 19.8. The largest absolute Gasteiger partial charge is 0.356 e. The van der Waals surface area contributed by atoms with Gasteiger partial charge in [0.25, 0.3) is 5.69 Å². The molecule has 1 fully saturated rings. The molecule has 0 saturated carbocycles. The molecule has 0 aliphatic carbocycles. The molecule has 34 heavy (non-hydrogen) atoms. The van der Waals surface area contributed by atoms with Gasteiger partial charge in [-0.05, 0) is 49.3 Å². The van der Waals surface area contributed by atoms with Crippen LogP contribution in [0.2, 0.25) is 0 Å². The molecule has 0 bridgehead atoms. The van der Waals surface area contributed by atoms with Crippen LogP contribution in [0.5, 0.6) is 0 Å². The van der Waals surface area contributed by atoms with Crippen molar-refractivity contribution in [3.8, 4) is 0 Å². The van der Waals surface area contributed by atoms with Gasteiger partial charge in [-0.15, -0.1) is 0 Å². The minimum Gasteiger partial charge on any atom is -0.356 e. The van der Waals surface area contributed by atoms with Crippen molar-refractivity contribution in [1.82, 2.24) is 14.2 Å². The van der Waals surface area contributed by atoms with Crippen molar-refractivity contribution in [3.05, 3.63) is 70.4 Å². The van der Waals surface area contributed by atoms with Gasteiger partial charge in [0.2, 0.25) is 15.9 Å². The van der Waals surface area contributed by atoms with Crippen LogP contribution in [0.25, 0.3) is 10.9 Å². The lowest BCUT2D eigenvalue weighted by molar-refractivity contribution is -0.385. The number of nitro benzene ring substituents is 1. The summed E-state index contributed by atoms with van der Waals surface area (Å²) in [4.78, 5) is 23.0. The third-order valence-corrected chi connectivity index (χ3v) is 8.42. The summed E-state index contributed by atoms with van der Waals surface area (Å²) in [6.07, 6.45) is 3.68. The SMILES string of the molecule is Cc1ccc([N+](=O)[O-])cc1S(=O)(=O)N1CCC(C(=O)NCCCn2ccc3ccccc32)CC1. The van der Waals surface area contributed by atoms with Crippen LogP contribution in [-0.4, -0.2) is 47.8 Å². The Balaban J connectivity index is 1.28. The van der Waals surface area contributed by atoms with Crippen molar-refractivity contribution in [2.24, 2.45) is 5.92 Å². The highest BCUT2D eigenvalue weighted by atomic mass is 32.2. The molecule has 1 N–H and O–H groups in total. The molecular weight excluding hydrogens is 456 g/mol. The Morgan fingerprint density at radius 2 is 1.88 bits per heavy atom. The van der Waals surface area contributed by atoms with Gasteiger partial charge in [0.15, 0.2) is 0 Å². The first-order chi connectivity index (χ1) is 16.3. The minimum atomic E-state index is -3.87. The summed E-state index contributed by atoms with van der Waals surface area (Å²) in [7, 11) is -3.87. The Morgan fingerprint density at radius 1 is 1.15 bits per heavy atom. The van der Waals surface area contributed by atoms with Crippen molar-refractivity contribution in [2.75, 3.05) is 19.6 Å². The topological polar surface area (TPSA) is 115 Å². The number of sulfonamides is 1. The van der Waals surface area contributed by atoms with E-state index < -0.39 is 14.9 Å². The molecule has 10 heteroatoms. The molecular formula is C24H28N4O5S. The average Bonchev–Trinajstić information content (AvgIpc) is 3.25. The van der Waals surface area contributed by atoms with E-state index in [1.54, 1.807) is 6.92 Å². The Kier molecular flexibility index (Phi) is 6.99. The maximum absolute atomic E-state index is 13.1. The third-order valence-electron chi connectivity index (χ3n) is 6.38. The van der Waals surface area contributed by atoms with Crippen LogP contribution in [0.4, 0.5) is 5.69 Å². The number of carbonyl (C=O) groups is 1. The molecule has 0 unspecified atom stereocenters. The monoisotopic (exact) mass is 484 g/mol. The van der Waals surface area contributed by atoms with E-state index in [0.717, 1.165) is 19.0 Å². The zero-order chi connectivity index (χ0) is 24.3. The third kappa shape index (κ3) is 4.97. The van der Waals surface area contributed by atoms with Crippen LogP contribution >= 0.6 is 0 Å². The van der Waals surface area contributed by atoms with Crippen LogP contribution in [-0.2, 0) is 21.4 Å². The van der Waals surface area contributed by atoms with Crippen LogP contribution in [0.3, 0.4) is 0 Å². The molecule has 1 amide bonds. The molecule has 180 valence electrons. The molecule has 1 aliphatic heterocycles. The summed E-state index contributed by atoms with van der Waals surface area (Å²) < 4.78 is 29.6. The second-order valence-corrected chi connectivity index (χ2v) is 10.5. The molecule has 9 nitrogen and oxygen atoms in total. The Hall–Kier alpha value is -3.24. The van der Waals surface area contributed by atoms with E-state index in [4.69, 9.17) is 0 Å². The molecule has 0 spiro atoms. The number of fused-ring (bicyclic) bond motifs is 1. The summed E-state index contributed by atoms with van der Waals surface area (Å²) in [5, 5.41) is 15.2. The Labute approximate surface area is 198 Å². The number of amides is 1. The number of aryl methyl sites for hydroxylation is 2. The van der Waals surface area contributed by atoms with Crippen LogP contribution in [0, 0.1) is 23.0 Å². The molecule has 2 heterocycles. The summed E-state index contributed by atoms with van der Waals surface area (Å²) in [6, 6.07) is 14.1. The summed E-state index contributed by atoms with van der Waals surface area (Å²) in [6.45, 7) is 3.38. The second-order valence-electron chi connectivity index (χ2n) is 8.60. The van der Waals surface area contributed by atoms with E-state index in [1.807, 2.05) is 18.3 Å². The van der Waals surface area contributed by atoms with Crippen molar-refractivity contribution in [3.63, 3.8) is 0 Å². The molecule has 3 aromatic rings. The standard InChI is InChI=1S/C24H28N4O5S/c1-18-7-8-21(28(30)31)17-23(18)34(32,33)27-15-10-20(11-16-27)24(29)25-12-4-13-26-14-9-19-5-2-3-6-22(19)26/h2-3,5-9,14,17,20H,4,10-13,15-16H2,1H3,(H,25,29). The number of nitro groups is 1. The van der Waals surface area contributed by atoms with Gasteiger partial charge >= 0.3 is 0 Å². The maximum Gasteiger partial charge on any atom is 0.270 e. The average molecular weight is 485 g/mol. The number of hydrogen-bond acceptors (Lipinski definition) is 5. The van der Waals surface area contributed by atoms with Gasteiger partial charge < -0.3 is 9.88 Å². The highest BCUT2D eigenvalue weighted by Gasteiger charge is 2.33. The van der Waals surface area contributed by atoms with E-state index in [0.29, 0.717) is 24.9 Å². The molecule has 0 radical (unpaired) electrons. The van der Waals surface area contributed by atoms with Gasteiger partial charge in [-0.3, -0.25) is 14.9 Å². The number of non-ortho nitro benzene ring substituents is 1. The summed E-state index contributed by atoms with van der Waals surface area (Å²) in [5.74, 6) is -0.300. The van der Waals surface area contributed by atoms with E-state index in [2.05, 4.69) is 28.1 Å². The number of para-hydroxylation sites is 1. The van der Waals surface area contributed by atoms with Crippen molar-refractivity contribution in [1.29, 1.82) is 0 Å². The molecule has 1 aromatic heterocycles. The Bertz CT molecular complexity index is 1310. The quantitative estimate of drug-likeness (QED) is 0.299. The number of nitrogens with zero attached hydrogens (tertiary/aromatic N) is 3. The smallest absolute Gasteiger partial charge is 0.270 e. The fourth-order valence-electron chi connectivity index (χ4n) is 4.42. The predicted molar refractivity (Wildman–Crippen MR) is 129 cm³/mol. The molecule has 0 atom stereocenters. The number of benzene rings is 2. The predicted octanol–water partition coefficient (Wildman–Crippen LogP) is 3.47. The van der Waals surface area contributed by atoms with Crippen LogP contribution < -0.4 is 5.32 Å². The first kappa shape index (κ1) is 23.9. The van der Waals surface area contributed by atoms with Crippen LogP contribution in [0.15, 0.2) is 59.6 Å². The van der Waals surface area contributed by atoms with E-state index in [1.165, 1.54) is 27.3 Å². The molecule has 1 aliphatic rings. The van der Waals surface area contributed by atoms with Gasteiger partial charge in [-0.25, -0.2) is 8.42 Å². The lowest BCUT2D eigenvalue weighted by atomic mass is 9.97. The minimum absolute atomic E-state index is 0.0536. The number of piperidine rings is 1. The lowest BCUT2D eigenvalue weighted by Gasteiger charge is -2.30. The van der Waals surface area contributed by atoms with E-state index in [-0.39, 0.29) is 35.5 Å². The van der Waals surface area contributed by atoms with Gasteiger partial charge in [0, 0.05) is 55.9 Å². The fourth-order valence-corrected chi connectivity index (χ4v) is 6.13. The summed E-state index contributed by atoms with van der Waals surface area (Å²) >= 11 is 0. The highest BCUT2D eigenvalue weighted by molar-refractivity contribution is 7.89. The van der Waals surface area contributed by atoms with Crippen LogP contribution in [0.1, 0.15) is 24.8 Å². The molecule has 1 saturated heterocycles. The van der Waals surface area contributed by atoms with Gasteiger partial charge in [0.1, 0.15) is 0 Å².